The standard InChI is InChI=1S/C4H6N2O/c7-4-1-2-5-3-6(4)5/h1-3H2. The molecule has 0 bridgehead atoms. The minimum atomic E-state index is 0.292. The largest absolute Gasteiger partial charge is 0.273 e. The normalized spacial score (nSPS) is 36.3. The van der Waals surface area contributed by atoms with Crippen molar-refractivity contribution < 1.29 is 4.79 Å². The van der Waals surface area contributed by atoms with Gasteiger partial charge in [0, 0.05) is 13.0 Å². The fourth-order valence-electron chi connectivity index (χ4n) is 0.908. The third-order valence-corrected chi connectivity index (χ3v) is 1.43. The summed E-state index contributed by atoms with van der Waals surface area (Å²) in [5.74, 6) is 0.292. The summed E-state index contributed by atoms with van der Waals surface area (Å²) in [5.41, 5.74) is 0. The number of nitrogens with zero attached hydrogens (tertiary/aromatic N) is 2. The number of hydrogen-bond donors (Lipinski definition) is 0. The van der Waals surface area contributed by atoms with E-state index in [9.17, 15) is 4.79 Å². The average Bonchev–Trinajstić information content (AvgIpc) is 2.33. The molecule has 3 nitrogen and oxygen atoms in total. The van der Waals surface area contributed by atoms with E-state index in [4.69, 9.17) is 0 Å². The van der Waals surface area contributed by atoms with Crippen LogP contribution in [0.3, 0.4) is 0 Å². The summed E-state index contributed by atoms with van der Waals surface area (Å²) in [4.78, 5) is 10.5. The zero-order valence-electron chi connectivity index (χ0n) is 3.92. The summed E-state index contributed by atoms with van der Waals surface area (Å²) in [6.45, 7) is 1.84. The predicted molar refractivity (Wildman–Crippen MR) is 23.0 cm³/mol. The summed E-state index contributed by atoms with van der Waals surface area (Å²) in [6, 6.07) is 0. The van der Waals surface area contributed by atoms with Crippen LogP contribution < -0.4 is 0 Å². The van der Waals surface area contributed by atoms with Gasteiger partial charge in [0.1, 0.15) is 6.67 Å². The van der Waals surface area contributed by atoms with Gasteiger partial charge in [-0.1, -0.05) is 0 Å². The van der Waals surface area contributed by atoms with E-state index in [0.717, 1.165) is 19.6 Å². The highest BCUT2D eigenvalue weighted by Gasteiger charge is 2.41. The van der Waals surface area contributed by atoms with Crippen molar-refractivity contribution >= 4 is 5.91 Å². The van der Waals surface area contributed by atoms with Crippen LogP contribution in [0.15, 0.2) is 0 Å². The zero-order valence-corrected chi connectivity index (χ0v) is 3.92. The molecule has 2 heterocycles. The molecule has 2 aliphatic rings. The van der Waals surface area contributed by atoms with Crippen LogP contribution in [0.2, 0.25) is 0 Å². The Bertz CT molecular complexity index is 123. The SMILES string of the molecule is O=C1CCN2CN12. The molecule has 0 radical (unpaired) electrons. The Balaban J connectivity index is 2.21. The van der Waals surface area contributed by atoms with E-state index in [1.165, 1.54) is 0 Å². The van der Waals surface area contributed by atoms with Crippen LogP contribution in [0, 0.1) is 0 Å². The molecule has 0 aromatic rings. The fourth-order valence-corrected chi connectivity index (χ4v) is 0.908. The van der Waals surface area contributed by atoms with Gasteiger partial charge >= 0.3 is 0 Å². The number of rotatable bonds is 0. The molecule has 2 aliphatic heterocycles. The van der Waals surface area contributed by atoms with Gasteiger partial charge in [-0.2, -0.15) is 5.01 Å². The molecule has 2 fully saturated rings. The second-order valence-corrected chi connectivity index (χ2v) is 1.91. The second-order valence-electron chi connectivity index (χ2n) is 1.91. The first-order chi connectivity index (χ1) is 3.38. The Morgan fingerprint density at radius 1 is 1.57 bits per heavy atom. The van der Waals surface area contributed by atoms with Crippen molar-refractivity contribution in [3.05, 3.63) is 0 Å². The molecule has 3 heteroatoms. The summed E-state index contributed by atoms with van der Waals surface area (Å²) in [5, 5.41) is 3.79. The quantitative estimate of drug-likeness (QED) is 0.378. The Morgan fingerprint density at radius 2 is 2.43 bits per heavy atom. The van der Waals surface area contributed by atoms with Crippen molar-refractivity contribution in [2.75, 3.05) is 13.2 Å². The summed E-state index contributed by atoms with van der Waals surface area (Å²) in [6.07, 6.45) is 0.736. The van der Waals surface area contributed by atoms with Crippen LogP contribution in [-0.2, 0) is 4.79 Å². The Labute approximate surface area is 41.5 Å². The highest BCUT2D eigenvalue weighted by molar-refractivity contribution is 5.79. The molecule has 2 saturated heterocycles. The maximum Gasteiger partial charge on any atom is 0.239 e. The Hall–Kier alpha value is -0.570. The molecule has 0 aliphatic carbocycles. The summed E-state index contributed by atoms with van der Waals surface area (Å²) >= 11 is 0. The van der Waals surface area contributed by atoms with Crippen molar-refractivity contribution in [1.29, 1.82) is 0 Å². The van der Waals surface area contributed by atoms with Gasteiger partial charge in [-0.15, -0.1) is 0 Å². The van der Waals surface area contributed by atoms with Gasteiger partial charge in [0.05, 0.1) is 0 Å². The highest BCUT2D eigenvalue weighted by Crippen LogP contribution is 2.23. The third-order valence-electron chi connectivity index (χ3n) is 1.43. The van der Waals surface area contributed by atoms with Crippen molar-refractivity contribution in [3.63, 3.8) is 0 Å². The lowest BCUT2D eigenvalue weighted by atomic mass is 10.4. The molecular formula is C4H6N2O. The lowest BCUT2D eigenvalue weighted by molar-refractivity contribution is -0.124. The van der Waals surface area contributed by atoms with Gasteiger partial charge < -0.3 is 0 Å². The second kappa shape index (κ2) is 0.816. The van der Waals surface area contributed by atoms with E-state index >= 15 is 0 Å². The van der Waals surface area contributed by atoms with Crippen molar-refractivity contribution in [1.82, 2.24) is 10.0 Å². The average molecular weight is 98.1 g/mol. The molecule has 1 atom stereocenters. The van der Waals surface area contributed by atoms with Gasteiger partial charge in [-0.3, -0.25) is 9.80 Å². The maximum atomic E-state index is 10.5. The molecule has 0 saturated carbocycles. The van der Waals surface area contributed by atoms with E-state index < -0.39 is 0 Å². The molecular weight excluding hydrogens is 92.1 g/mol. The van der Waals surface area contributed by atoms with Crippen LogP contribution >= 0.6 is 0 Å². The fraction of sp³-hybridized carbons (Fsp3) is 0.750. The number of hydrazine groups is 1. The van der Waals surface area contributed by atoms with E-state index in [2.05, 4.69) is 0 Å². The maximum absolute atomic E-state index is 10.5. The van der Waals surface area contributed by atoms with Gasteiger partial charge in [0.2, 0.25) is 5.91 Å². The number of fused-ring (bicyclic) bond motifs is 1. The van der Waals surface area contributed by atoms with Gasteiger partial charge in [0.25, 0.3) is 0 Å². The lowest BCUT2D eigenvalue weighted by Gasteiger charge is -1.82. The predicted octanol–water partition coefficient (Wildman–Crippen LogP) is -0.593. The number of amides is 1. The van der Waals surface area contributed by atoms with Gasteiger partial charge in [0.15, 0.2) is 0 Å². The third kappa shape index (κ3) is 0.307. The van der Waals surface area contributed by atoms with Gasteiger partial charge in [-0.25, -0.2) is 0 Å². The lowest BCUT2D eigenvalue weighted by Crippen LogP contribution is -2.03. The van der Waals surface area contributed by atoms with Crippen LogP contribution in [-0.4, -0.2) is 29.1 Å². The number of carbonyl (C=O) groups excluding carboxylic acids is 1. The molecule has 1 unspecified atom stereocenters. The summed E-state index contributed by atoms with van der Waals surface area (Å²) in [7, 11) is 0. The smallest absolute Gasteiger partial charge is 0.239 e. The molecule has 7 heavy (non-hydrogen) atoms. The molecule has 1 amide bonds. The van der Waals surface area contributed by atoms with Crippen molar-refractivity contribution in [3.8, 4) is 0 Å². The zero-order chi connectivity index (χ0) is 4.85. The molecule has 0 N–H and O–H groups in total. The van der Waals surface area contributed by atoms with Gasteiger partial charge in [-0.05, 0) is 0 Å². The molecule has 0 aromatic heterocycles. The first-order valence-corrected chi connectivity index (χ1v) is 2.43. The highest BCUT2D eigenvalue weighted by atomic mass is 16.2. The van der Waals surface area contributed by atoms with Crippen LogP contribution in [0.5, 0.6) is 0 Å². The van der Waals surface area contributed by atoms with Crippen LogP contribution in [0.1, 0.15) is 6.42 Å². The minimum Gasteiger partial charge on any atom is -0.273 e. The van der Waals surface area contributed by atoms with Crippen molar-refractivity contribution in [2.24, 2.45) is 0 Å². The Morgan fingerprint density at radius 3 is 2.57 bits per heavy atom. The molecule has 0 aromatic carbocycles. The first-order valence-electron chi connectivity index (χ1n) is 2.43. The van der Waals surface area contributed by atoms with E-state index in [0.29, 0.717) is 5.91 Å². The minimum absolute atomic E-state index is 0.292. The van der Waals surface area contributed by atoms with Crippen LogP contribution in [0.25, 0.3) is 0 Å². The van der Waals surface area contributed by atoms with E-state index in [1.54, 1.807) is 5.01 Å². The van der Waals surface area contributed by atoms with Crippen molar-refractivity contribution in [2.45, 2.75) is 6.42 Å². The Kier molecular flexibility index (Phi) is 0.400. The van der Waals surface area contributed by atoms with Crippen LogP contribution in [0.4, 0.5) is 0 Å². The first kappa shape index (κ1) is 3.43. The monoisotopic (exact) mass is 98.0 g/mol. The molecule has 38 valence electrons. The topological polar surface area (TPSA) is 23.1 Å². The number of hydrogen-bond acceptors (Lipinski definition) is 2. The van der Waals surface area contributed by atoms with E-state index in [1.807, 2.05) is 5.01 Å². The number of carbonyl (C=O) groups is 1. The molecule has 2 rings (SSSR count). The summed E-state index contributed by atoms with van der Waals surface area (Å²) < 4.78 is 0. The van der Waals surface area contributed by atoms with E-state index in [-0.39, 0.29) is 0 Å². The molecule has 0 spiro atoms.